The number of rotatable bonds is 15. The molecule has 6 aromatic heterocycles. The maximum absolute atomic E-state index is 13.3. The number of fused-ring (bicyclic) bond motifs is 3. The molecule has 0 spiro atoms. The molecule has 3 aliphatic rings. The summed E-state index contributed by atoms with van der Waals surface area (Å²) in [5, 5.41) is 24.2. The van der Waals surface area contributed by atoms with Gasteiger partial charge in [-0.15, -0.1) is 0 Å². The van der Waals surface area contributed by atoms with E-state index in [2.05, 4.69) is 136 Å². The van der Waals surface area contributed by atoms with Gasteiger partial charge in [-0.1, -0.05) is 42.0 Å². The average molecular weight is 1260 g/mol. The van der Waals surface area contributed by atoms with Gasteiger partial charge in [0.05, 0.1) is 41.7 Å². The fourth-order valence-corrected chi connectivity index (χ4v) is 17.6. The summed E-state index contributed by atoms with van der Waals surface area (Å²) in [7, 11) is -8.58. The largest absolute Gasteiger partial charge is 0.497 e. The molecule has 0 radical (unpaired) electrons. The Morgan fingerprint density at radius 1 is 0.506 bits per heavy atom. The third-order valence-corrected chi connectivity index (χ3v) is 23.2. The van der Waals surface area contributed by atoms with Crippen LogP contribution in [-0.2, 0) is 49.7 Å². The predicted molar refractivity (Wildman–Crippen MR) is 349 cm³/mol. The summed E-state index contributed by atoms with van der Waals surface area (Å²) >= 11 is 0. The Labute approximate surface area is 520 Å². The minimum absolute atomic E-state index is 0.00850. The highest BCUT2D eigenvalue weighted by atomic mass is 32.2. The molecule has 3 fully saturated rings. The van der Waals surface area contributed by atoms with Gasteiger partial charge in [0.2, 0.25) is 30.1 Å². The van der Waals surface area contributed by atoms with E-state index in [1.807, 2.05) is 70.1 Å². The van der Waals surface area contributed by atoms with Crippen LogP contribution in [0.25, 0.3) is 66.1 Å². The lowest BCUT2D eigenvalue weighted by molar-refractivity contribution is 0.389. The van der Waals surface area contributed by atoms with Crippen LogP contribution in [0.15, 0.2) is 187 Å². The van der Waals surface area contributed by atoms with Gasteiger partial charge in [-0.05, 0) is 166 Å². The molecular weight excluding hydrogens is 1180 g/mol. The lowest BCUT2D eigenvalue weighted by Crippen LogP contribution is -2.34. The number of aromatic nitrogens is 9. The SMILES string of the molecule is COc1cccc(S(=O)(=O)N2CC(Cn3ccc4cc(-c5cn[nH]c5)ccc43)CC2C)c1.CS(=O)(=O)N1CCCC(Cn2ccc3cc(-c4cn[nH]c4)ccc32)CC1.Cc1ccc(S(=O)(=O)N2CC(Cn3ccc4cc(-c5cn[nH]c5)ccc43)CC2C)cc1. The standard InChI is InChI=1S/C24H26N4O3S.C24H26N4O2S.C19H24N4O2S/c1-17-10-18(16-28(17)32(29,30)23-5-3-4-22(12-23)31-2)15-27-9-8-20-11-19(6-7-24(20)27)21-13-25-26-14-21;1-17-3-6-23(7-4-17)31(29,30)28-16-19(11-18(28)2)15-27-10-9-21-12-20(5-8-24(21)27)22-13-25-26-14-22;1-26(24,25)23-8-2-3-15(6-10-23)14-22-9-7-17-11-16(4-5-19(17)22)18-12-20-21-13-18/h3-9,11-14,17-18H,10,15-16H2,1-2H3,(H,25,26);3-10,12-14,18-19H,11,15-16H2,1-2H3,(H,25,26);4-5,7,9,11-13,15H,2-3,6,8,10,14H2,1H3,(H,20,21). The molecule has 3 N–H and O–H groups in total. The smallest absolute Gasteiger partial charge is 0.243 e. The lowest BCUT2D eigenvalue weighted by Gasteiger charge is -2.21. The summed E-state index contributed by atoms with van der Waals surface area (Å²) in [4.78, 5) is 0.659. The number of aromatic amines is 3. The van der Waals surface area contributed by atoms with Gasteiger partial charge in [-0.25, -0.2) is 29.6 Å². The summed E-state index contributed by atoms with van der Waals surface area (Å²) in [6.45, 7) is 10.8. The first-order valence-corrected chi connectivity index (χ1v) is 35.0. The Morgan fingerprint density at radius 2 is 0.955 bits per heavy atom. The van der Waals surface area contributed by atoms with E-state index in [4.69, 9.17) is 4.74 Å². The number of benzene rings is 5. The predicted octanol–water partition coefficient (Wildman–Crippen LogP) is 11.7. The van der Waals surface area contributed by atoms with Crippen molar-refractivity contribution in [1.82, 2.24) is 57.2 Å². The van der Waals surface area contributed by atoms with Gasteiger partial charge in [0.1, 0.15) is 5.75 Å². The first-order valence-electron chi connectivity index (χ1n) is 30.3. The maximum Gasteiger partial charge on any atom is 0.243 e. The van der Waals surface area contributed by atoms with Crippen molar-refractivity contribution in [2.45, 2.75) is 94.4 Å². The van der Waals surface area contributed by atoms with Crippen LogP contribution in [0.4, 0.5) is 0 Å². The molecule has 89 heavy (non-hydrogen) atoms. The molecule has 11 aromatic rings. The van der Waals surface area contributed by atoms with Crippen molar-refractivity contribution < 1.29 is 30.0 Å². The third kappa shape index (κ3) is 13.4. The van der Waals surface area contributed by atoms with Gasteiger partial charge in [0.15, 0.2) is 0 Å². The first kappa shape index (κ1) is 61.1. The molecule has 0 aliphatic carbocycles. The summed E-state index contributed by atoms with van der Waals surface area (Å²) < 4.78 is 93.4. The average Bonchev–Trinajstić information content (AvgIpc) is 2.14. The number of hydrogen-bond acceptors (Lipinski definition) is 10. The first-order chi connectivity index (χ1) is 42.9. The van der Waals surface area contributed by atoms with Crippen LogP contribution in [0, 0.1) is 24.7 Å². The summed E-state index contributed by atoms with van der Waals surface area (Å²) in [6.07, 6.45) is 23.4. The molecule has 0 saturated carbocycles. The van der Waals surface area contributed by atoms with E-state index in [9.17, 15) is 25.3 Å². The second-order valence-electron chi connectivity index (χ2n) is 24.2. The van der Waals surface area contributed by atoms with Gasteiger partial charge in [-0.2, -0.15) is 23.9 Å². The molecule has 3 saturated heterocycles. The van der Waals surface area contributed by atoms with Gasteiger partial charge in [0, 0.05) is 151 Å². The highest BCUT2D eigenvalue weighted by Crippen LogP contribution is 2.36. The topological polar surface area (TPSA) is 222 Å². The molecular formula is C67H76N12O7S3. The van der Waals surface area contributed by atoms with Crippen LogP contribution in [0.5, 0.6) is 5.75 Å². The zero-order valence-corrected chi connectivity index (χ0v) is 53.2. The molecule has 5 atom stereocenters. The Bertz CT molecular complexity index is 4560. The maximum atomic E-state index is 13.3. The zero-order chi connectivity index (χ0) is 62.0. The Balaban J connectivity index is 0.000000130. The molecule has 22 heteroatoms. The fourth-order valence-electron chi connectivity index (χ4n) is 13.2. The Kier molecular flexibility index (Phi) is 17.7. The van der Waals surface area contributed by atoms with Gasteiger partial charge in [0.25, 0.3) is 0 Å². The van der Waals surface area contributed by atoms with Crippen LogP contribution >= 0.6 is 0 Å². The zero-order valence-electron chi connectivity index (χ0n) is 50.7. The van der Waals surface area contributed by atoms with Crippen molar-refractivity contribution in [2.75, 3.05) is 39.5 Å². The van der Waals surface area contributed by atoms with Crippen LogP contribution in [-0.4, -0.2) is 134 Å². The van der Waals surface area contributed by atoms with Crippen molar-refractivity contribution in [1.29, 1.82) is 0 Å². The number of nitrogens with zero attached hydrogens (tertiary/aromatic N) is 9. The van der Waals surface area contributed by atoms with Crippen LogP contribution in [0.3, 0.4) is 0 Å². The number of H-pyrrole nitrogens is 3. The molecule has 0 bridgehead atoms. The molecule has 464 valence electrons. The fraction of sp³-hybridized carbons (Fsp3) is 0.328. The monoisotopic (exact) mass is 1260 g/mol. The molecule has 3 aliphatic heterocycles. The summed E-state index contributed by atoms with van der Waals surface area (Å²) in [5.41, 5.74) is 11.2. The van der Waals surface area contributed by atoms with Crippen molar-refractivity contribution in [2.24, 2.45) is 17.8 Å². The lowest BCUT2D eigenvalue weighted by atomic mass is 10.0. The van der Waals surface area contributed by atoms with E-state index < -0.39 is 30.1 Å². The number of sulfonamides is 3. The van der Waals surface area contributed by atoms with E-state index in [-0.39, 0.29) is 28.8 Å². The minimum atomic E-state index is -3.57. The van der Waals surface area contributed by atoms with Crippen molar-refractivity contribution in [3.63, 3.8) is 0 Å². The number of ether oxygens (including phenoxy) is 1. The highest BCUT2D eigenvalue weighted by Gasteiger charge is 2.39. The van der Waals surface area contributed by atoms with Gasteiger partial charge < -0.3 is 18.4 Å². The van der Waals surface area contributed by atoms with Crippen LogP contribution in [0.2, 0.25) is 0 Å². The number of aryl methyl sites for hydroxylation is 1. The van der Waals surface area contributed by atoms with E-state index in [1.54, 1.807) is 56.4 Å². The molecule has 14 rings (SSSR count). The van der Waals surface area contributed by atoms with E-state index >= 15 is 0 Å². The third-order valence-electron chi connectivity index (χ3n) is 17.9. The van der Waals surface area contributed by atoms with Crippen LogP contribution in [0.1, 0.15) is 51.5 Å². The van der Waals surface area contributed by atoms with Gasteiger partial charge >= 0.3 is 0 Å². The second kappa shape index (κ2) is 25.8. The number of methoxy groups -OCH3 is 1. The summed E-state index contributed by atoms with van der Waals surface area (Å²) in [5.74, 6) is 1.57. The van der Waals surface area contributed by atoms with E-state index in [0.29, 0.717) is 42.7 Å². The molecule has 0 amide bonds. The Hall–Kier alpha value is -8.12. The summed E-state index contributed by atoms with van der Waals surface area (Å²) in [6, 6.07) is 39.4. The van der Waals surface area contributed by atoms with Gasteiger partial charge in [-0.3, -0.25) is 15.3 Å². The quantitative estimate of drug-likeness (QED) is 0.0881. The molecule has 5 aromatic carbocycles. The van der Waals surface area contributed by atoms with Crippen molar-refractivity contribution in [3.8, 4) is 39.1 Å². The Morgan fingerprint density at radius 3 is 1.38 bits per heavy atom. The number of hydrogen-bond donors (Lipinski definition) is 3. The highest BCUT2D eigenvalue weighted by molar-refractivity contribution is 7.89. The molecule has 5 unspecified atom stereocenters. The molecule has 19 nitrogen and oxygen atoms in total. The minimum Gasteiger partial charge on any atom is -0.497 e. The second-order valence-corrected chi connectivity index (χ2v) is 30.0. The van der Waals surface area contributed by atoms with Crippen molar-refractivity contribution >= 4 is 62.8 Å². The normalized spacial score (nSPS) is 19.7. The van der Waals surface area contributed by atoms with Crippen LogP contribution < -0.4 is 4.74 Å². The number of nitrogens with one attached hydrogen (secondary N) is 3. The van der Waals surface area contributed by atoms with Crippen molar-refractivity contribution in [3.05, 3.63) is 183 Å². The van der Waals surface area contributed by atoms with E-state index in [1.165, 1.54) is 28.1 Å². The molecule has 9 heterocycles. The van der Waals surface area contributed by atoms with E-state index in [0.717, 1.165) is 102 Å².